The zero-order chi connectivity index (χ0) is 18.5. The molecule has 26 heavy (non-hydrogen) atoms. The van der Waals surface area contributed by atoms with Crippen molar-refractivity contribution in [1.29, 1.82) is 0 Å². The van der Waals surface area contributed by atoms with Crippen LogP contribution in [0.3, 0.4) is 0 Å². The number of esters is 1. The van der Waals surface area contributed by atoms with E-state index in [0.717, 1.165) is 33.2 Å². The van der Waals surface area contributed by atoms with Gasteiger partial charge in [0, 0.05) is 5.56 Å². The molecule has 3 aromatic rings. The summed E-state index contributed by atoms with van der Waals surface area (Å²) in [6.45, 7) is 2.09. The molecule has 0 aliphatic rings. The number of carbonyl (C=O) groups excluding carboxylic acids is 1. The minimum atomic E-state index is -0.410. The second kappa shape index (κ2) is 8.01. The lowest BCUT2D eigenvalue weighted by Crippen LogP contribution is -2.03. The van der Waals surface area contributed by atoms with Crippen LogP contribution in [0, 0.1) is 0 Å². The molecule has 0 aliphatic heterocycles. The van der Waals surface area contributed by atoms with Crippen molar-refractivity contribution >= 4 is 17.3 Å². The Balaban J connectivity index is 2.08. The van der Waals surface area contributed by atoms with Crippen molar-refractivity contribution in [3.05, 3.63) is 53.5 Å². The Morgan fingerprint density at radius 3 is 1.96 bits per heavy atom. The molecule has 0 spiro atoms. The maximum absolute atomic E-state index is 12.2. The van der Waals surface area contributed by atoms with E-state index < -0.39 is 5.97 Å². The van der Waals surface area contributed by atoms with Gasteiger partial charge in [-0.15, -0.1) is 11.3 Å². The van der Waals surface area contributed by atoms with Gasteiger partial charge >= 0.3 is 5.97 Å². The van der Waals surface area contributed by atoms with Gasteiger partial charge in [0.2, 0.25) is 5.01 Å². The molecule has 1 aromatic heterocycles. The van der Waals surface area contributed by atoms with E-state index in [9.17, 15) is 4.79 Å². The molecule has 0 N–H and O–H groups in total. The summed E-state index contributed by atoms with van der Waals surface area (Å²) in [5, 5.41) is 0.337. The second-order valence-electron chi connectivity index (χ2n) is 5.37. The summed E-state index contributed by atoms with van der Waals surface area (Å²) in [4.78, 5) is 17.6. The lowest BCUT2D eigenvalue weighted by molar-refractivity contribution is 0.0526. The average Bonchev–Trinajstić information content (AvgIpc) is 3.14. The van der Waals surface area contributed by atoms with Gasteiger partial charge in [-0.2, -0.15) is 0 Å². The standard InChI is InChI=1S/C20H19NO4S/c1-4-25-20(22)19-21-17(13-5-9-15(23-2)10-6-13)18(26-19)14-7-11-16(24-3)12-8-14/h5-12H,4H2,1-3H3. The Bertz CT molecular complexity index is 820. The first-order valence-corrected chi connectivity index (χ1v) is 8.94. The molecule has 0 aliphatic carbocycles. The molecule has 0 unspecified atom stereocenters. The first-order valence-electron chi connectivity index (χ1n) is 8.13. The number of aromatic nitrogens is 1. The molecule has 3 rings (SSSR count). The number of hydrogen-bond donors (Lipinski definition) is 0. The highest BCUT2D eigenvalue weighted by molar-refractivity contribution is 7.17. The third-order valence-corrected chi connectivity index (χ3v) is 4.88. The number of benzene rings is 2. The Hall–Kier alpha value is -2.86. The minimum absolute atomic E-state index is 0.314. The summed E-state index contributed by atoms with van der Waals surface area (Å²) in [7, 11) is 3.25. The maximum Gasteiger partial charge on any atom is 0.367 e. The Labute approximate surface area is 156 Å². The first-order chi connectivity index (χ1) is 12.7. The predicted molar refractivity (Wildman–Crippen MR) is 102 cm³/mol. The smallest absolute Gasteiger partial charge is 0.367 e. The fraction of sp³-hybridized carbons (Fsp3) is 0.200. The fourth-order valence-electron chi connectivity index (χ4n) is 2.48. The highest BCUT2D eigenvalue weighted by Gasteiger charge is 2.20. The summed E-state index contributed by atoms with van der Waals surface area (Å²) in [6.07, 6.45) is 0. The second-order valence-corrected chi connectivity index (χ2v) is 6.37. The number of carbonyl (C=O) groups is 1. The molecular formula is C20H19NO4S. The quantitative estimate of drug-likeness (QED) is 0.591. The van der Waals surface area contributed by atoms with Gasteiger partial charge in [-0.1, -0.05) is 0 Å². The van der Waals surface area contributed by atoms with Gasteiger partial charge in [-0.05, 0) is 61.0 Å². The molecule has 0 atom stereocenters. The predicted octanol–water partition coefficient (Wildman–Crippen LogP) is 4.67. The Morgan fingerprint density at radius 1 is 0.923 bits per heavy atom. The molecule has 0 fully saturated rings. The minimum Gasteiger partial charge on any atom is -0.497 e. The molecule has 134 valence electrons. The Kier molecular flexibility index (Phi) is 5.53. The van der Waals surface area contributed by atoms with Crippen molar-refractivity contribution in [1.82, 2.24) is 4.98 Å². The van der Waals surface area contributed by atoms with Gasteiger partial charge in [0.25, 0.3) is 0 Å². The van der Waals surface area contributed by atoms with E-state index in [1.807, 2.05) is 48.5 Å². The number of thiazole rings is 1. The van der Waals surface area contributed by atoms with Crippen molar-refractivity contribution in [2.24, 2.45) is 0 Å². The topological polar surface area (TPSA) is 57.7 Å². The lowest BCUT2D eigenvalue weighted by atomic mass is 10.1. The molecule has 0 radical (unpaired) electrons. The van der Waals surface area contributed by atoms with E-state index in [-0.39, 0.29) is 0 Å². The summed E-state index contributed by atoms with van der Waals surface area (Å²) in [5.74, 6) is 1.13. The molecule has 0 saturated carbocycles. The lowest BCUT2D eigenvalue weighted by Gasteiger charge is -2.05. The first kappa shape index (κ1) is 17.9. The van der Waals surface area contributed by atoms with E-state index in [1.165, 1.54) is 11.3 Å². The zero-order valence-corrected chi connectivity index (χ0v) is 15.6. The van der Waals surface area contributed by atoms with Crippen LogP contribution < -0.4 is 9.47 Å². The van der Waals surface area contributed by atoms with E-state index in [2.05, 4.69) is 4.98 Å². The fourth-order valence-corrected chi connectivity index (χ4v) is 3.47. The molecule has 6 heteroatoms. The largest absolute Gasteiger partial charge is 0.497 e. The van der Waals surface area contributed by atoms with E-state index in [4.69, 9.17) is 14.2 Å². The van der Waals surface area contributed by atoms with Crippen LogP contribution in [0.1, 0.15) is 16.7 Å². The molecule has 2 aromatic carbocycles. The third-order valence-electron chi connectivity index (χ3n) is 3.79. The van der Waals surface area contributed by atoms with Crippen LogP contribution >= 0.6 is 11.3 Å². The normalized spacial score (nSPS) is 10.4. The number of methoxy groups -OCH3 is 2. The van der Waals surface area contributed by atoms with E-state index >= 15 is 0 Å². The van der Waals surface area contributed by atoms with Crippen LogP contribution in [0.25, 0.3) is 21.7 Å². The monoisotopic (exact) mass is 369 g/mol. The van der Waals surface area contributed by atoms with Crippen molar-refractivity contribution in [2.45, 2.75) is 6.92 Å². The van der Waals surface area contributed by atoms with Crippen LogP contribution in [0.5, 0.6) is 11.5 Å². The SMILES string of the molecule is CCOC(=O)c1nc(-c2ccc(OC)cc2)c(-c2ccc(OC)cc2)s1. The molecule has 5 nitrogen and oxygen atoms in total. The van der Waals surface area contributed by atoms with E-state index in [0.29, 0.717) is 11.6 Å². The highest BCUT2D eigenvalue weighted by atomic mass is 32.1. The maximum atomic E-state index is 12.2. The van der Waals surface area contributed by atoms with Crippen LogP contribution in [-0.2, 0) is 4.74 Å². The highest BCUT2D eigenvalue weighted by Crippen LogP contribution is 2.38. The molecule has 0 saturated heterocycles. The van der Waals surface area contributed by atoms with Crippen molar-refractivity contribution in [3.8, 4) is 33.2 Å². The molecule has 1 heterocycles. The molecular weight excluding hydrogens is 350 g/mol. The number of rotatable bonds is 6. The summed E-state index contributed by atoms with van der Waals surface area (Å²) < 4.78 is 15.5. The summed E-state index contributed by atoms with van der Waals surface area (Å²) >= 11 is 1.32. The van der Waals surface area contributed by atoms with Gasteiger partial charge in [-0.25, -0.2) is 9.78 Å². The van der Waals surface area contributed by atoms with Crippen LogP contribution in [0.15, 0.2) is 48.5 Å². The van der Waals surface area contributed by atoms with Gasteiger partial charge in [0.15, 0.2) is 0 Å². The number of hydrogen-bond acceptors (Lipinski definition) is 6. The van der Waals surface area contributed by atoms with Gasteiger partial charge in [0.05, 0.1) is 31.4 Å². The van der Waals surface area contributed by atoms with Gasteiger partial charge < -0.3 is 14.2 Å². The number of ether oxygens (including phenoxy) is 3. The van der Waals surface area contributed by atoms with Crippen molar-refractivity contribution in [3.63, 3.8) is 0 Å². The van der Waals surface area contributed by atoms with Crippen LogP contribution in [0.2, 0.25) is 0 Å². The van der Waals surface area contributed by atoms with Crippen LogP contribution in [-0.4, -0.2) is 31.8 Å². The Morgan fingerprint density at radius 2 is 1.46 bits per heavy atom. The van der Waals surface area contributed by atoms with Gasteiger partial charge in [0.1, 0.15) is 11.5 Å². The molecule has 0 amide bonds. The summed E-state index contributed by atoms with van der Waals surface area (Å²) in [6, 6.07) is 15.3. The zero-order valence-electron chi connectivity index (χ0n) is 14.8. The number of nitrogens with zero attached hydrogens (tertiary/aromatic N) is 1. The van der Waals surface area contributed by atoms with Crippen molar-refractivity contribution < 1.29 is 19.0 Å². The van der Waals surface area contributed by atoms with Gasteiger partial charge in [-0.3, -0.25) is 0 Å². The van der Waals surface area contributed by atoms with E-state index in [1.54, 1.807) is 21.1 Å². The van der Waals surface area contributed by atoms with Crippen molar-refractivity contribution in [2.75, 3.05) is 20.8 Å². The van der Waals surface area contributed by atoms with Crippen LogP contribution in [0.4, 0.5) is 0 Å². The summed E-state index contributed by atoms with van der Waals surface area (Å²) in [5.41, 5.74) is 2.61. The average molecular weight is 369 g/mol. The third kappa shape index (κ3) is 3.70. The molecule has 0 bridgehead atoms.